The number of benzene rings is 1. The van der Waals surface area contributed by atoms with Gasteiger partial charge in [0.25, 0.3) is 5.91 Å². The second kappa shape index (κ2) is 5.85. The van der Waals surface area contributed by atoms with Crippen molar-refractivity contribution in [2.24, 2.45) is 0 Å². The van der Waals surface area contributed by atoms with Crippen LogP contribution in [0.2, 0.25) is 0 Å². The molecule has 1 aliphatic carbocycles. The molecule has 0 saturated heterocycles. The van der Waals surface area contributed by atoms with Crippen LogP contribution in [0.25, 0.3) is 0 Å². The molecule has 0 aliphatic heterocycles. The Morgan fingerprint density at radius 3 is 2.39 bits per heavy atom. The van der Waals surface area contributed by atoms with Crippen molar-refractivity contribution < 1.29 is 4.79 Å². The van der Waals surface area contributed by atoms with E-state index in [1.54, 1.807) is 0 Å². The maximum atomic E-state index is 12.0. The molecule has 1 aliphatic rings. The number of carbonyl (C=O) groups excluding carboxylic acids is 1. The molecule has 0 aromatic heterocycles. The number of nitrogens with one attached hydrogen (secondary N) is 1. The van der Waals surface area contributed by atoms with Crippen LogP contribution >= 0.6 is 0 Å². The number of amides is 1. The summed E-state index contributed by atoms with van der Waals surface area (Å²) in [4.78, 5) is 12.0. The van der Waals surface area contributed by atoms with Crippen molar-refractivity contribution >= 4 is 5.91 Å². The van der Waals surface area contributed by atoms with E-state index in [9.17, 15) is 4.79 Å². The predicted octanol–water partition coefficient (Wildman–Crippen LogP) is 3.61. The van der Waals surface area contributed by atoms with Crippen molar-refractivity contribution in [3.05, 3.63) is 47.0 Å². The first-order valence-corrected chi connectivity index (χ1v) is 6.70. The molecule has 0 heterocycles. The summed E-state index contributed by atoms with van der Waals surface area (Å²) in [6, 6.07) is 8.08. The Labute approximate surface area is 109 Å². The second-order valence-electron chi connectivity index (χ2n) is 5.06. The molecule has 96 valence electrons. The first-order valence-electron chi connectivity index (χ1n) is 6.70. The van der Waals surface area contributed by atoms with Crippen LogP contribution in [0.15, 0.2) is 35.9 Å². The molecule has 2 heteroatoms. The Kier molecular flexibility index (Phi) is 4.19. The molecule has 0 bridgehead atoms. The van der Waals surface area contributed by atoms with E-state index in [0.29, 0.717) is 6.04 Å². The van der Waals surface area contributed by atoms with Crippen molar-refractivity contribution in [1.82, 2.24) is 5.32 Å². The molecule has 0 unspecified atom stereocenters. The zero-order valence-electron chi connectivity index (χ0n) is 11.2. The predicted molar refractivity (Wildman–Crippen MR) is 74.7 cm³/mol. The van der Waals surface area contributed by atoms with Crippen molar-refractivity contribution in [2.75, 3.05) is 0 Å². The smallest absolute Gasteiger partial charge is 0.251 e. The van der Waals surface area contributed by atoms with Crippen LogP contribution < -0.4 is 5.32 Å². The summed E-state index contributed by atoms with van der Waals surface area (Å²) < 4.78 is 0. The Balaban J connectivity index is 1.90. The highest BCUT2D eigenvalue weighted by atomic mass is 16.1. The quantitative estimate of drug-likeness (QED) is 0.790. The zero-order valence-corrected chi connectivity index (χ0v) is 11.2. The minimum Gasteiger partial charge on any atom is -0.349 e. The minimum atomic E-state index is 0.0592. The van der Waals surface area contributed by atoms with Gasteiger partial charge in [-0.25, -0.2) is 0 Å². The lowest BCUT2D eigenvalue weighted by Crippen LogP contribution is -2.36. The summed E-state index contributed by atoms with van der Waals surface area (Å²) in [5, 5.41) is 3.13. The lowest BCUT2D eigenvalue weighted by molar-refractivity contribution is 0.0930. The van der Waals surface area contributed by atoms with Gasteiger partial charge >= 0.3 is 0 Å². The van der Waals surface area contributed by atoms with Gasteiger partial charge < -0.3 is 5.32 Å². The van der Waals surface area contributed by atoms with Gasteiger partial charge in [0.1, 0.15) is 0 Å². The van der Waals surface area contributed by atoms with E-state index in [1.165, 1.54) is 11.1 Å². The van der Waals surface area contributed by atoms with Crippen molar-refractivity contribution in [2.45, 2.75) is 45.6 Å². The van der Waals surface area contributed by atoms with Crippen molar-refractivity contribution in [3.63, 3.8) is 0 Å². The van der Waals surface area contributed by atoms with E-state index < -0.39 is 0 Å². The third kappa shape index (κ3) is 3.22. The summed E-state index contributed by atoms with van der Waals surface area (Å²) in [5.41, 5.74) is 3.47. The van der Waals surface area contributed by atoms with E-state index in [2.05, 4.69) is 18.3 Å². The van der Waals surface area contributed by atoms with Gasteiger partial charge in [-0.05, 0) is 51.7 Å². The molecule has 0 radical (unpaired) electrons. The van der Waals surface area contributed by atoms with Gasteiger partial charge in [-0.15, -0.1) is 0 Å². The van der Waals surface area contributed by atoms with Crippen LogP contribution in [0.1, 0.15) is 48.5 Å². The van der Waals surface area contributed by atoms with Crippen LogP contribution in [-0.2, 0) is 0 Å². The van der Waals surface area contributed by atoms with Gasteiger partial charge in [0.15, 0.2) is 0 Å². The van der Waals surface area contributed by atoms with Gasteiger partial charge in [0.2, 0.25) is 0 Å². The normalized spacial score (nSPS) is 19.4. The molecule has 1 aromatic carbocycles. The average Bonchev–Trinajstić information content (AvgIpc) is 2.40. The molecular weight excluding hydrogens is 222 g/mol. The molecule has 1 saturated carbocycles. The van der Waals surface area contributed by atoms with Crippen molar-refractivity contribution in [3.8, 4) is 0 Å². The fourth-order valence-electron chi connectivity index (χ4n) is 2.40. The van der Waals surface area contributed by atoms with E-state index in [-0.39, 0.29) is 5.91 Å². The van der Waals surface area contributed by atoms with Crippen LogP contribution in [0, 0.1) is 6.92 Å². The Bertz CT molecular complexity index is 435. The fraction of sp³-hybridized carbons (Fsp3) is 0.438. The maximum absolute atomic E-state index is 12.0. The number of rotatable bonds is 2. The molecule has 2 rings (SSSR count). The first kappa shape index (κ1) is 12.9. The van der Waals surface area contributed by atoms with E-state index in [4.69, 9.17) is 0 Å². The maximum Gasteiger partial charge on any atom is 0.251 e. The van der Waals surface area contributed by atoms with E-state index in [1.807, 2.05) is 31.2 Å². The average molecular weight is 243 g/mol. The van der Waals surface area contributed by atoms with Gasteiger partial charge in [0, 0.05) is 11.6 Å². The molecule has 0 atom stereocenters. The van der Waals surface area contributed by atoms with Crippen LogP contribution in [0.5, 0.6) is 0 Å². The van der Waals surface area contributed by atoms with Crippen LogP contribution in [0.3, 0.4) is 0 Å². The number of aryl methyl sites for hydroxylation is 1. The number of hydrogen-bond acceptors (Lipinski definition) is 1. The SMILES string of the molecule is CC=C1CCC(NC(=O)c2ccc(C)cc2)CC1. The zero-order chi connectivity index (χ0) is 13.0. The summed E-state index contributed by atoms with van der Waals surface area (Å²) in [6.07, 6.45) is 6.58. The molecule has 1 amide bonds. The molecule has 1 N–H and O–H groups in total. The standard InChI is InChI=1S/C16H21NO/c1-3-13-6-10-15(11-7-13)17-16(18)14-8-4-12(2)5-9-14/h3-5,8-9,15H,6-7,10-11H2,1-2H3,(H,17,18). The monoisotopic (exact) mass is 243 g/mol. The van der Waals surface area contributed by atoms with Gasteiger partial charge in [-0.2, -0.15) is 0 Å². The molecule has 18 heavy (non-hydrogen) atoms. The van der Waals surface area contributed by atoms with Crippen LogP contribution in [0.4, 0.5) is 0 Å². The molecule has 1 fully saturated rings. The van der Waals surface area contributed by atoms with Gasteiger partial charge in [-0.1, -0.05) is 29.3 Å². The topological polar surface area (TPSA) is 29.1 Å². The van der Waals surface area contributed by atoms with Crippen LogP contribution in [-0.4, -0.2) is 11.9 Å². The second-order valence-corrected chi connectivity index (χ2v) is 5.06. The lowest BCUT2D eigenvalue weighted by Gasteiger charge is -2.24. The molecule has 2 nitrogen and oxygen atoms in total. The first-order chi connectivity index (χ1) is 8.69. The number of allylic oxidation sites excluding steroid dienone is 2. The highest BCUT2D eigenvalue weighted by Gasteiger charge is 2.18. The highest BCUT2D eigenvalue weighted by molar-refractivity contribution is 5.94. The highest BCUT2D eigenvalue weighted by Crippen LogP contribution is 2.23. The molecular formula is C16H21NO. The largest absolute Gasteiger partial charge is 0.349 e. The number of carbonyl (C=O) groups is 1. The Hall–Kier alpha value is -1.57. The van der Waals surface area contributed by atoms with E-state index in [0.717, 1.165) is 31.2 Å². The summed E-state index contributed by atoms with van der Waals surface area (Å²) in [7, 11) is 0. The van der Waals surface area contributed by atoms with Crippen molar-refractivity contribution in [1.29, 1.82) is 0 Å². The summed E-state index contributed by atoms with van der Waals surface area (Å²) in [5.74, 6) is 0.0592. The lowest BCUT2D eigenvalue weighted by atomic mass is 9.90. The minimum absolute atomic E-state index is 0.0592. The third-order valence-corrected chi connectivity index (χ3v) is 3.69. The number of hydrogen-bond donors (Lipinski definition) is 1. The summed E-state index contributed by atoms with van der Waals surface area (Å²) >= 11 is 0. The Morgan fingerprint density at radius 2 is 1.83 bits per heavy atom. The van der Waals surface area contributed by atoms with Gasteiger partial charge in [-0.3, -0.25) is 4.79 Å². The van der Waals surface area contributed by atoms with Gasteiger partial charge in [0.05, 0.1) is 0 Å². The molecule has 0 spiro atoms. The third-order valence-electron chi connectivity index (χ3n) is 3.69. The summed E-state index contributed by atoms with van der Waals surface area (Å²) in [6.45, 7) is 4.13. The van der Waals surface area contributed by atoms with E-state index >= 15 is 0 Å². The molecule has 1 aromatic rings. The fourth-order valence-corrected chi connectivity index (χ4v) is 2.40. The Morgan fingerprint density at radius 1 is 1.22 bits per heavy atom.